The van der Waals surface area contributed by atoms with Gasteiger partial charge in [-0.2, -0.15) is 0 Å². The van der Waals surface area contributed by atoms with Crippen LogP contribution < -0.4 is 4.74 Å². The molecule has 0 atom stereocenters. The van der Waals surface area contributed by atoms with Crippen LogP contribution in [0.25, 0.3) is 27.9 Å². The molecule has 128 valence electrons. The van der Waals surface area contributed by atoms with E-state index in [1.54, 1.807) is 19.4 Å². The molecular weight excluding hydrogens is 439 g/mol. The van der Waals surface area contributed by atoms with Gasteiger partial charge in [-0.15, -0.1) is 0 Å². The molecule has 2 aromatic heterocycles. The van der Waals surface area contributed by atoms with Gasteiger partial charge in [0, 0.05) is 26.1 Å². The van der Waals surface area contributed by atoms with E-state index in [0.717, 1.165) is 36.7 Å². The predicted molar refractivity (Wildman–Crippen MR) is 113 cm³/mol. The minimum absolute atomic E-state index is 0.131. The van der Waals surface area contributed by atoms with Crippen LogP contribution in [-0.4, -0.2) is 22.9 Å². The number of hydrogen-bond acceptors (Lipinski definition) is 3. The summed E-state index contributed by atoms with van der Waals surface area (Å²) < 4.78 is 6.43. The third kappa shape index (κ3) is 3.10. The number of methoxy groups -OCH3 is 1. The first-order valence-corrected chi connectivity index (χ1v) is 9.16. The number of H-pyrrole nitrogens is 1. The van der Waals surface area contributed by atoms with Gasteiger partial charge < -0.3 is 9.72 Å². The second kappa shape index (κ2) is 6.92. The minimum atomic E-state index is -0.131. The van der Waals surface area contributed by atoms with Crippen molar-refractivity contribution >= 4 is 56.3 Å². The van der Waals surface area contributed by atoms with Gasteiger partial charge in [-0.25, -0.2) is 0 Å². The lowest BCUT2D eigenvalue weighted by atomic mass is 10.1. The Kier molecular flexibility index (Phi) is 4.46. The van der Waals surface area contributed by atoms with Crippen molar-refractivity contribution in [3.63, 3.8) is 0 Å². The summed E-state index contributed by atoms with van der Waals surface area (Å²) in [5.41, 5.74) is 3.09. The molecule has 0 spiro atoms. The molecule has 0 amide bonds. The number of aromatic amines is 1. The Morgan fingerprint density at radius 2 is 2.04 bits per heavy atom. The van der Waals surface area contributed by atoms with Crippen molar-refractivity contribution in [3.8, 4) is 5.75 Å². The number of aromatic nitrogens is 2. The summed E-state index contributed by atoms with van der Waals surface area (Å²) in [5, 5.41) is 1.97. The van der Waals surface area contributed by atoms with E-state index in [4.69, 9.17) is 4.74 Å². The SMILES string of the molecule is COc1ccc2[nH]c3c(C(=O)/C=C/c4cccc(I)c4)nccc3c2c1. The van der Waals surface area contributed by atoms with Crippen LogP contribution in [0.2, 0.25) is 0 Å². The molecule has 0 unspecified atom stereocenters. The van der Waals surface area contributed by atoms with Crippen LogP contribution in [0.3, 0.4) is 0 Å². The molecule has 0 aliphatic rings. The van der Waals surface area contributed by atoms with Crippen molar-refractivity contribution in [2.45, 2.75) is 0 Å². The fraction of sp³-hybridized carbons (Fsp3) is 0.0476. The lowest BCUT2D eigenvalue weighted by Crippen LogP contribution is -1.99. The topological polar surface area (TPSA) is 55.0 Å². The van der Waals surface area contributed by atoms with E-state index in [1.165, 1.54) is 0 Å². The highest BCUT2D eigenvalue weighted by atomic mass is 127. The van der Waals surface area contributed by atoms with Gasteiger partial charge in [0.25, 0.3) is 0 Å². The molecule has 4 nitrogen and oxygen atoms in total. The van der Waals surface area contributed by atoms with Crippen molar-refractivity contribution in [3.05, 3.63) is 75.6 Å². The number of benzene rings is 2. The number of pyridine rings is 1. The number of hydrogen-bond donors (Lipinski definition) is 1. The first-order chi connectivity index (χ1) is 12.7. The van der Waals surface area contributed by atoms with E-state index >= 15 is 0 Å². The van der Waals surface area contributed by atoms with Crippen LogP contribution in [0.1, 0.15) is 16.1 Å². The van der Waals surface area contributed by atoms with Crippen molar-refractivity contribution in [1.29, 1.82) is 0 Å². The molecule has 0 fully saturated rings. The van der Waals surface area contributed by atoms with Gasteiger partial charge in [0.1, 0.15) is 11.4 Å². The quantitative estimate of drug-likeness (QED) is 0.261. The molecule has 4 aromatic rings. The third-order valence-electron chi connectivity index (χ3n) is 4.24. The summed E-state index contributed by atoms with van der Waals surface area (Å²) in [6.07, 6.45) is 5.05. The van der Waals surface area contributed by atoms with Gasteiger partial charge in [0.05, 0.1) is 12.6 Å². The summed E-state index contributed by atoms with van der Waals surface area (Å²) in [7, 11) is 1.64. The largest absolute Gasteiger partial charge is 0.497 e. The zero-order valence-electron chi connectivity index (χ0n) is 14.0. The highest BCUT2D eigenvalue weighted by Crippen LogP contribution is 2.30. The van der Waals surface area contributed by atoms with Crippen LogP contribution in [0, 0.1) is 3.57 Å². The molecule has 0 saturated heterocycles. The zero-order chi connectivity index (χ0) is 18.1. The molecule has 1 N–H and O–H groups in total. The molecule has 5 heteroatoms. The van der Waals surface area contributed by atoms with E-state index < -0.39 is 0 Å². The number of halogens is 1. The lowest BCUT2D eigenvalue weighted by Gasteiger charge is -1.99. The van der Waals surface area contributed by atoms with Gasteiger partial charge in [-0.3, -0.25) is 9.78 Å². The van der Waals surface area contributed by atoms with Crippen molar-refractivity contribution < 1.29 is 9.53 Å². The molecule has 2 heterocycles. The number of allylic oxidation sites excluding steroid dienone is 1. The van der Waals surface area contributed by atoms with Crippen LogP contribution >= 0.6 is 22.6 Å². The standard InChI is InChI=1S/C21H15IN2O2/c1-26-15-6-7-18-17(12-15)16-9-10-23-21(20(16)24-18)19(25)8-5-13-3-2-4-14(22)11-13/h2-12,24H,1H3/b8-5+. The number of fused-ring (bicyclic) bond motifs is 3. The monoisotopic (exact) mass is 454 g/mol. The van der Waals surface area contributed by atoms with Crippen molar-refractivity contribution in [2.75, 3.05) is 7.11 Å². The van der Waals surface area contributed by atoms with Gasteiger partial charge in [-0.1, -0.05) is 18.2 Å². The number of nitrogens with one attached hydrogen (secondary N) is 1. The maximum atomic E-state index is 12.7. The van der Waals surface area contributed by atoms with E-state index in [0.29, 0.717) is 5.69 Å². The zero-order valence-corrected chi connectivity index (χ0v) is 16.2. The molecular formula is C21H15IN2O2. The minimum Gasteiger partial charge on any atom is -0.497 e. The normalized spacial score (nSPS) is 11.5. The fourth-order valence-electron chi connectivity index (χ4n) is 2.98. The molecule has 2 aromatic carbocycles. The van der Waals surface area contributed by atoms with Gasteiger partial charge >= 0.3 is 0 Å². The van der Waals surface area contributed by atoms with Crippen molar-refractivity contribution in [1.82, 2.24) is 9.97 Å². The Balaban J connectivity index is 1.77. The molecule has 0 saturated carbocycles. The van der Waals surface area contributed by atoms with Gasteiger partial charge in [0.2, 0.25) is 5.78 Å². The van der Waals surface area contributed by atoms with Gasteiger partial charge in [0.15, 0.2) is 0 Å². The smallest absolute Gasteiger partial charge is 0.206 e. The number of carbonyl (C=O) groups excluding carboxylic acids is 1. The number of ketones is 1. The van der Waals surface area contributed by atoms with Gasteiger partial charge in [-0.05, 0) is 70.6 Å². The third-order valence-corrected chi connectivity index (χ3v) is 4.91. The second-order valence-electron chi connectivity index (χ2n) is 5.87. The van der Waals surface area contributed by atoms with Crippen molar-refractivity contribution in [2.24, 2.45) is 0 Å². The van der Waals surface area contributed by atoms with E-state index in [2.05, 4.69) is 32.6 Å². The summed E-state index contributed by atoms with van der Waals surface area (Å²) in [6, 6.07) is 15.7. The maximum absolute atomic E-state index is 12.7. The number of nitrogens with zero attached hydrogens (tertiary/aromatic N) is 1. The Labute approximate surface area is 164 Å². The molecule has 0 radical (unpaired) electrons. The predicted octanol–water partition coefficient (Wildman–Crippen LogP) is 5.23. The average Bonchev–Trinajstić information content (AvgIpc) is 3.04. The highest BCUT2D eigenvalue weighted by Gasteiger charge is 2.14. The first kappa shape index (κ1) is 16.8. The average molecular weight is 454 g/mol. The highest BCUT2D eigenvalue weighted by molar-refractivity contribution is 14.1. The van der Waals surface area contributed by atoms with E-state index in [-0.39, 0.29) is 5.78 Å². The number of rotatable bonds is 4. The summed E-state index contributed by atoms with van der Waals surface area (Å²) >= 11 is 2.25. The molecule has 0 aliphatic carbocycles. The molecule has 26 heavy (non-hydrogen) atoms. The Morgan fingerprint density at radius 3 is 2.85 bits per heavy atom. The van der Waals surface area contributed by atoms with E-state index in [1.807, 2.05) is 54.6 Å². The maximum Gasteiger partial charge on any atom is 0.206 e. The Morgan fingerprint density at radius 1 is 1.15 bits per heavy atom. The number of carbonyl (C=O) groups is 1. The summed E-state index contributed by atoms with van der Waals surface area (Å²) in [5.74, 6) is 0.648. The number of ether oxygens (including phenoxy) is 1. The summed E-state index contributed by atoms with van der Waals surface area (Å²) in [4.78, 5) is 20.3. The first-order valence-electron chi connectivity index (χ1n) is 8.08. The molecule has 4 rings (SSSR count). The van der Waals surface area contributed by atoms with Crippen LogP contribution in [0.5, 0.6) is 5.75 Å². The Bertz CT molecular complexity index is 1160. The fourth-order valence-corrected chi connectivity index (χ4v) is 3.54. The summed E-state index contributed by atoms with van der Waals surface area (Å²) in [6.45, 7) is 0. The lowest BCUT2D eigenvalue weighted by molar-refractivity contribution is 0.104. The van der Waals surface area contributed by atoms with Crippen LogP contribution in [0.15, 0.2) is 60.8 Å². The van der Waals surface area contributed by atoms with Crippen LogP contribution in [0.4, 0.5) is 0 Å². The van der Waals surface area contributed by atoms with Crippen LogP contribution in [-0.2, 0) is 0 Å². The second-order valence-corrected chi connectivity index (χ2v) is 7.12. The molecule has 0 bridgehead atoms. The Hall–Kier alpha value is -2.67. The molecule has 0 aliphatic heterocycles. The van der Waals surface area contributed by atoms with E-state index in [9.17, 15) is 4.79 Å².